The summed E-state index contributed by atoms with van der Waals surface area (Å²) in [6.07, 6.45) is 1.18. The Morgan fingerprint density at radius 2 is 1.92 bits per heavy atom. The van der Waals surface area contributed by atoms with Crippen LogP contribution in [-0.2, 0) is 4.74 Å². The van der Waals surface area contributed by atoms with Crippen LogP contribution < -0.4 is 10.6 Å². The molecule has 0 aromatic heterocycles. The first-order chi connectivity index (χ1) is 12.2. The summed E-state index contributed by atoms with van der Waals surface area (Å²) in [5.41, 5.74) is -0.00770. The Bertz CT molecular complexity index is 777. The Morgan fingerprint density at radius 3 is 2.54 bits per heavy atom. The molecule has 1 unspecified atom stereocenters. The number of hydrogen-bond donors (Lipinski definition) is 2. The lowest BCUT2D eigenvalue weighted by Gasteiger charge is -2.38. The Morgan fingerprint density at radius 1 is 1.23 bits per heavy atom. The average molecular weight is 361 g/mol. The van der Waals surface area contributed by atoms with Crippen molar-refractivity contribution in [2.24, 2.45) is 4.99 Å². The number of piperazine rings is 1. The molecule has 7 heteroatoms. The molecule has 3 rings (SSSR count). The first kappa shape index (κ1) is 18.8. The van der Waals surface area contributed by atoms with E-state index in [1.807, 2.05) is 26.8 Å². The Hall–Kier alpha value is -1.96. The smallest absolute Gasteiger partial charge is 0.410 e. The maximum Gasteiger partial charge on any atom is 0.410 e. The molecule has 1 aromatic rings. The Labute approximate surface area is 153 Å². The highest BCUT2D eigenvalue weighted by molar-refractivity contribution is 5.68. The fraction of sp³-hybridized carbons (Fsp3) is 0.579. The summed E-state index contributed by atoms with van der Waals surface area (Å²) in [4.78, 5) is 21.0. The van der Waals surface area contributed by atoms with E-state index in [1.54, 1.807) is 17.0 Å². The minimum atomic E-state index is -1.47. The number of carbonyl (C=O) groups excluding carboxylic acids is 1. The van der Waals surface area contributed by atoms with Gasteiger partial charge in [0.2, 0.25) is 0 Å². The van der Waals surface area contributed by atoms with Crippen molar-refractivity contribution >= 4 is 12.2 Å². The van der Waals surface area contributed by atoms with Crippen molar-refractivity contribution in [3.8, 4) is 0 Å². The van der Waals surface area contributed by atoms with Crippen LogP contribution in [0.25, 0.3) is 6.08 Å². The van der Waals surface area contributed by atoms with Gasteiger partial charge in [-0.2, -0.15) is 0 Å². The third kappa shape index (κ3) is 4.41. The zero-order chi connectivity index (χ0) is 18.9. The Balaban J connectivity index is 1.63. The lowest BCUT2D eigenvalue weighted by Crippen LogP contribution is -2.53. The van der Waals surface area contributed by atoms with Crippen LogP contribution in [-0.4, -0.2) is 64.1 Å². The fourth-order valence-corrected chi connectivity index (χ4v) is 3.22. The first-order valence-corrected chi connectivity index (χ1v) is 8.99. The standard InChI is InChI=1S/C19H27N3O4/c1-19(2,3)26-18(25)22-10-8-21(9-11-22)16-7-5-13-12-14(17(23)24)4-6-15(13)20-16/h4-6,12,16-17,23-24H,7-11H2,1-3H3. The maximum absolute atomic E-state index is 12.2. The molecular weight excluding hydrogens is 334 g/mol. The summed E-state index contributed by atoms with van der Waals surface area (Å²) >= 11 is 0. The van der Waals surface area contributed by atoms with Gasteiger partial charge in [0, 0.05) is 38.2 Å². The van der Waals surface area contributed by atoms with Crippen LogP contribution in [0.15, 0.2) is 23.2 Å². The van der Waals surface area contributed by atoms with Gasteiger partial charge in [-0.25, -0.2) is 4.79 Å². The molecule has 7 nitrogen and oxygen atoms in total. The summed E-state index contributed by atoms with van der Waals surface area (Å²) < 4.78 is 5.43. The summed E-state index contributed by atoms with van der Waals surface area (Å²) in [5.74, 6) is 0. The molecule has 0 bridgehead atoms. The molecule has 0 radical (unpaired) electrons. The van der Waals surface area contributed by atoms with Gasteiger partial charge < -0.3 is 19.8 Å². The van der Waals surface area contributed by atoms with Crippen molar-refractivity contribution in [3.05, 3.63) is 34.3 Å². The summed E-state index contributed by atoms with van der Waals surface area (Å²) in [6.45, 7) is 8.38. The predicted octanol–water partition coefficient (Wildman–Crippen LogP) is 0.352. The average Bonchev–Trinajstić information content (AvgIpc) is 2.59. The molecule has 26 heavy (non-hydrogen) atoms. The van der Waals surface area contributed by atoms with Gasteiger partial charge in [-0.15, -0.1) is 0 Å². The van der Waals surface area contributed by atoms with Crippen molar-refractivity contribution in [2.75, 3.05) is 26.2 Å². The minimum absolute atomic E-state index is 0.0492. The molecule has 1 aromatic carbocycles. The summed E-state index contributed by atoms with van der Waals surface area (Å²) in [7, 11) is 0. The van der Waals surface area contributed by atoms with E-state index in [-0.39, 0.29) is 12.3 Å². The van der Waals surface area contributed by atoms with Crippen LogP contribution in [0.4, 0.5) is 4.79 Å². The highest BCUT2D eigenvalue weighted by Crippen LogP contribution is 2.15. The molecule has 1 atom stereocenters. The van der Waals surface area contributed by atoms with Crippen molar-refractivity contribution in [3.63, 3.8) is 0 Å². The molecule has 1 fully saturated rings. The lowest BCUT2D eigenvalue weighted by atomic mass is 10.1. The van der Waals surface area contributed by atoms with Gasteiger partial charge in [-0.1, -0.05) is 12.1 Å². The molecule has 2 N–H and O–H groups in total. The Kier molecular flexibility index (Phi) is 5.32. The molecule has 2 aliphatic heterocycles. The van der Waals surface area contributed by atoms with Crippen molar-refractivity contribution < 1.29 is 19.7 Å². The zero-order valence-corrected chi connectivity index (χ0v) is 15.6. The van der Waals surface area contributed by atoms with Gasteiger partial charge in [-0.3, -0.25) is 9.89 Å². The van der Waals surface area contributed by atoms with E-state index in [1.165, 1.54) is 0 Å². The number of aliphatic hydroxyl groups excluding tert-OH is 1. The van der Waals surface area contributed by atoms with Crippen LogP contribution in [0.2, 0.25) is 0 Å². The van der Waals surface area contributed by atoms with E-state index >= 15 is 0 Å². The number of nitrogens with zero attached hydrogens (tertiary/aromatic N) is 3. The number of rotatable bonds is 2. The van der Waals surface area contributed by atoms with E-state index in [4.69, 9.17) is 9.73 Å². The van der Waals surface area contributed by atoms with Gasteiger partial charge >= 0.3 is 6.09 Å². The number of benzene rings is 1. The predicted molar refractivity (Wildman–Crippen MR) is 96.7 cm³/mol. The lowest BCUT2D eigenvalue weighted by molar-refractivity contribution is -0.0425. The number of fused-ring (bicyclic) bond motifs is 1. The summed E-state index contributed by atoms with van der Waals surface area (Å²) in [5, 5.41) is 20.4. The van der Waals surface area contributed by atoms with E-state index < -0.39 is 11.9 Å². The fourth-order valence-electron chi connectivity index (χ4n) is 3.22. The second-order valence-electron chi connectivity index (χ2n) is 7.74. The molecule has 1 saturated heterocycles. The van der Waals surface area contributed by atoms with E-state index in [0.717, 1.165) is 30.1 Å². The summed E-state index contributed by atoms with van der Waals surface area (Å²) in [6, 6.07) is 5.27. The van der Waals surface area contributed by atoms with Gasteiger partial charge in [0.1, 0.15) is 11.8 Å². The number of aliphatic hydroxyl groups is 2. The molecule has 2 heterocycles. The van der Waals surface area contributed by atoms with Crippen molar-refractivity contribution in [2.45, 2.75) is 45.2 Å². The van der Waals surface area contributed by atoms with Crippen LogP contribution in [0.1, 0.15) is 39.0 Å². The molecular formula is C19H27N3O4. The van der Waals surface area contributed by atoms with Gasteiger partial charge in [0.15, 0.2) is 6.29 Å². The van der Waals surface area contributed by atoms with Gasteiger partial charge in [-0.05, 0) is 38.1 Å². The number of hydrogen-bond acceptors (Lipinski definition) is 6. The maximum atomic E-state index is 12.2. The van der Waals surface area contributed by atoms with Gasteiger partial charge in [0.25, 0.3) is 0 Å². The highest BCUT2D eigenvalue weighted by atomic mass is 16.6. The number of ether oxygens (including phenoxy) is 1. The van der Waals surface area contributed by atoms with Crippen molar-refractivity contribution in [1.29, 1.82) is 0 Å². The molecule has 0 spiro atoms. The number of amides is 1. The topological polar surface area (TPSA) is 85.6 Å². The van der Waals surface area contributed by atoms with Crippen LogP contribution >= 0.6 is 0 Å². The van der Waals surface area contributed by atoms with E-state index in [0.29, 0.717) is 18.7 Å². The van der Waals surface area contributed by atoms with Crippen LogP contribution in [0, 0.1) is 0 Å². The third-order valence-corrected chi connectivity index (χ3v) is 4.57. The van der Waals surface area contributed by atoms with E-state index in [9.17, 15) is 15.0 Å². The first-order valence-electron chi connectivity index (χ1n) is 8.99. The second kappa shape index (κ2) is 7.34. The van der Waals surface area contributed by atoms with Crippen LogP contribution in [0.3, 0.4) is 0 Å². The monoisotopic (exact) mass is 361 g/mol. The minimum Gasteiger partial charge on any atom is -0.444 e. The molecule has 0 aliphatic carbocycles. The number of carbonyl (C=O) groups is 1. The second-order valence-corrected chi connectivity index (χ2v) is 7.74. The zero-order valence-electron chi connectivity index (χ0n) is 15.6. The molecule has 1 amide bonds. The third-order valence-electron chi connectivity index (χ3n) is 4.57. The molecule has 142 valence electrons. The molecule has 0 saturated carbocycles. The highest BCUT2D eigenvalue weighted by Gasteiger charge is 2.28. The molecule has 2 aliphatic rings. The van der Waals surface area contributed by atoms with Crippen LogP contribution in [0.5, 0.6) is 0 Å². The largest absolute Gasteiger partial charge is 0.444 e. The van der Waals surface area contributed by atoms with Crippen molar-refractivity contribution in [1.82, 2.24) is 9.80 Å². The normalized spacial score (nSPS) is 21.0. The van der Waals surface area contributed by atoms with Gasteiger partial charge in [0.05, 0.1) is 5.36 Å². The SMILES string of the molecule is CC(C)(C)OC(=O)N1CCN(C2CC=c3cc(C(O)O)ccc3=N2)CC1. The van der Waals surface area contributed by atoms with E-state index in [2.05, 4.69) is 11.0 Å². The quantitative estimate of drug-likeness (QED) is 0.743.